The molecular formula is C14H13N3O2. The summed E-state index contributed by atoms with van der Waals surface area (Å²) in [5.74, 6) is 0. The highest BCUT2D eigenvalue weighted by Crippen LogP contribution is 2.08. The first-order valence-electron chi connectivity index (χ1n) is 5.69. The zero-order valence-corrected chi connectivity index (χ0v) is 10.4. The van der Waals surface area contributed by atoms with Gasteiger partial charge in [0.1, 0.15) is 5.71 Å². The highest BCUT2D eigenvalue weighted by molar-refractivity contribution is 6.11. The molecule has 1 aromatic carbocycles. The largest absolute Gasteiger partial charge is 0.452 e. The SMILES string of the molecule is COC(=O)N/N=C(\c1ccccc1)c1ccccn1. The number of carbonyl (C=O) groups is 1. The van der Waals surface area contributed by atoms with Crippen molar-refractivity contribution in [2.75, 3.05) is 7.11 Å². The summed E-state index contributed by atoms with van der Waals surface area (Å²) in [6.45, 7) is 0. The van der Waals surface area contributed by atoms with Crippen LogP contribution >= 0.6 is 0 Å². The number of nitrogens with one attached hydrogen (secondary N) is 1. The molecule has 0 saturated heterocycles. The Hall–Kier alpha value is -2.69. The summed E-state index contributed by atoms with van der Waals surface area (Å²) in [5.41, 5.74) is 4.42. The predicted octanol–water partition coefficient (Wildman–Crippen LogP) is 2.19. The molecule has 2 rings (SSSR count). The lowest BCUT2D eigenvalue weighted by atomic mass is 10.1. The van der Waals surface area contributed by atoms with Gasteiger partial charge in [0.05, 0.1) is 12.8 Å². The van der Waals surface area contributed by atoms with Crippen molar-refractivity contribution < 1.29 is 9.53 Å². The van der Waals surface area contributed by atoms with Crippen LogP contribution in [0.3, 0.4) is 0 Å². The Bertz CT molecular complexity index is 526. The summed E-state index contributed by atoms with van der Waals surface area (Å²) in [5, 5.41) is 4.06. The molecule has 1 amide bonds. The molecule has 5 nitrogen and oxygen atoms in total. The number of nitrogens with zero attached hydrogens (tertiary/aromatic N) is 2. The van der Waals surface area contributed by atoms with Crippen molar-refractivity contribution in [1.29, 1.82) is 0 Å². The quantitative estimate of drug-likeness (QED) is 0.675. The molecular weight excluding hydrogens is 242 g/mol. The Labute approximate surface area is 110 Å². The van der Waals surface area contributed by atoms with E-state index in [9.17, 15) is 4.79 Å². The van der Waals surface area contributed by atoms with Gasteiger partial charge in [-0.15, -0.1) is 0 Å². The van der Waals surface area contributed by atoms with E-state index in [1.54, 1.807) is 6.20 Å². The molecule has 0 bridgehead atoms. The van der Waals surface area contributed by atoms with E-state index in [4.69, 9.17) is 0 Å². The summed E-state index contributed by atoms with van der Waals surface area (Å²) in [4.78, 5) is 15.4. The van der Waals surface area contributed by atoms with Crippen molar-refractivity contribution in [3.63, 3.8) is 0 Å². The zero-order chi connectivity index (χ0) is 13.5. The number of methoxy groups -OCH3 is 1. The van der Waals surface area contributed by atoms with Crippen molar-refractivity contribution in [2.24, 2.45) is 5.10 Å². The number of hydrogen-bond donors (Lipinski definition) is 1. The summed E-state index contributed by atoms with van der Waals surface area (Å²) >= 11 is 0. The van der Waals surface area contributed by atoms with Crippen molar-refractivity contribution in [2.45, 2.75) is 0 Å². The van der Waals surface area contributed by atoms with E-state index < -0.39 is 6.09 Å². The second kappa shape index (κ2) is 6.30. The van der Waals surface area contributed by atoms with Crippen LogP contribution in [-0.4, -0.2) is 23.9 Å². The molecule has 1 heterocycles. The molecule has 19 heavy (non-hydrogen) atoms. The smallest absolute Gasteiger partial charge is 0.427 e. The van der Waals surface area contributed by atoms with Crippen LogP contribution in [0, 0.1) is 0 Å². The van der Waals surface area contributed by atoms with Crippen LogP contribution in [0.1, 0.15) is 11.3 Å². The van der Waals surface area contributed by atoms with Gasteiger partial charge in [0, 0.05) is 11.8 Å². The highest BCUT2D eigenvalue weighted by atomic mass is 16.5. The van der Waals surface area contributed by atoms with E-state index in [0.29, 0.717) is 11.4 Å². The van der Waals surface area contributed by atoms with Gasteiger partial charge in [-0.05, 0) is 12.1 Å². The van der Waals surface area contributed by atoms with Crippen molar-refractivity contribution in [1.82, 2.24) is 10.4 Å². The first kappa shape index (κ1) is 12.8. The average molecular weight is 255 g/mol. The molecule has 0 aliphatic heterocycles. The first-order chi connectivity index (χ1) is 9.31. The lowest BCUT2D eigenvalue weighted by Crippen LogP contribution is -2.20. The minimum atomic E-state index is -0.621. The van der Waals surface area contributed by atoms with Crippen LogP contribution in [0.2, 0.25) is 0 Å². The fraction of sp³-hybridized carbons (Fsp3) is 0.0714. The Kier molecular flexibility index (Phi) is 4.23. The first-order valence-corrected chi connectivity index (χ1v) is 5.69. The molecule has 0 radical (unpaired) electrons. The maximum atomic E-state index is 11.1. The van der Waals surface area contributed by atoms with E-state index in [-0.39, 0.29) is 0 Å². The summed E-state index contributed by atoms with van der Waals surface area (Å²) in [6, 6.07) is 15.0. The van der Waals surface area contributed by atoms with Gasteiger partial charge in [-0.2, -0.15) is 5.10 Å². The molecule has 0 atom stereocenters. The number of hydrazone groups is 1. The number of amides is 1. The number of carbonyl (C=O) groups excluding carboxylic acids is 1. The van der Waals surface area contributed by atoms with Crippen LogP contribution in [0.4, 0.5) is 4.79 Å². The van der Waals surface area contributed by atoms with Crippen LogP contribution in [0.15, 0.2) is 59.8 Å². The second-order valence-electron chi connectivity index (χ2n) is 3.64. The third kappa shape index (κ3) is 3.38. The maximum absolute atomic E-state index is 11.1. The molecule has 5 heteroatoms. The molecule has 0 aliphatic carbocycles. The standard InChI is InChI=1S/C14H13N3O2/c1-19-14(18)17-16-13(11-7-3-2-4-8-11)12-9-5-6-10-15-12/h2-10H,1H3,(H,17,18)/b16-13+. The fourth-order valence-corrected chi connectivity index (χ4v) is 1.52. The Balaban J connectivity index is 2.37. The third-order valence-electron chi connectivity index (χ3n) is 2.40. The molecule has 0 fully saturated rings. The minimum Gasteiger partial charge on any atom is -0.452 e. The molecule has 0 unspecified atom stereocenters. The Morgan fingerprint density at radius 2 is 1.89 bits per heavy atom. The molecule has 96 valence electrons. The number of benzene rings is 1. The lowest BCUT2D eigenvalue weighted by Gasteiger charge is -2.06. The average Bonchev–Trinajstić information content (AvgIpc) is 2.49. The molecule has 0 saturated carbocycles. The third-order valence-corrected chi connectivity index (χ3v) is 2.40. The summed E-state index contributed by atoms with van der Waals surface area (Å²) in [6.07, 6.45) is 1.05. The van der Waals surface area contributed by atoms with Gasteiger partial charge in [0.25, 0.3) is 0 Å². The van der Waals surface area contributed by atoms with Crippen molar-refractivity contribution in [3.8, 4) is 0 Å². The Morgan fingerprint density at radius 3 is 2.53 bits per heavy atom. The van der Waals surface area contributed by atoms with Crippen LogP contribution in [-0.2, 0) is 4.74 Å². The fourth-order valence-electron chi connectivity index (χ4n) is 1.52. The van der Waals surface area contributed by atoms with Crippen LogP contribution < -0.4 is 5.43 Å². The van der Waals surface area contributed by atoms with Crippen molar-refractivity contribution >= 4 is 11.8 Å². The number of hydrogen-bond acceptors (Lipinski definition) is 4. The van der Waals surface area contributed by atoms with E-state index >= 15 is 0 Å². The van der Waals surface area contributed by atoms with E-state index in [2.05, 4.69) is 20.2 Å². The van der Waals surface area contributed by atoms with E-state index in [1.165, 1.54) is 7.11 Å². The molecule has 1 N–H and O–H groups in total. The number of pyridine rings is 1. The number of ether oxygens (including phenoxy) is 1. The van der Waals surface area contributed by atoms with Gasteiger partial charge in [-0.25, -0.2) is 10.2 Å². The van der Waals surface area contributed by atoms with Crippen LogP contribution in [0.5, 0.6) is 0 Å². The van der Waals surface area contributed by atoms with Crippen molar-refractivity contribution in [3.05, 3.63) is 66.0 Å². The lowest BCUT2D eigenvalue weighted by molar-refractivity contribution is 0.171. The van der Waals surface area contributed by atoms with Gasteiger partial charge >= 0.3 is 6.09 Å². The summed E-state index contributed by atoms with van der Waals surface area (Å²) in [7, 11) is 1.29. The molecule has 0 spiro atoms. The maximum Gasteiger partial charge on any atom is 0.427 e. The predicted molar refractivity (Wildman–Crippen MR) is 71.9 cm³/mol. The van der Waals surface area contributed by atoms with Gasteiger partial charge < -0.3 is 4.74 Å². The molecule has 1 aromatic heterocycles. The molecule has 0 aliphatic rings. The Morgan fingerprint density at radius 1 is 1.16 bits per heavy atom. The van der Waals surface area contributed by atoms with Crippen LogP contribution in [0.25, 0.3) is 0 Å². The van der Waals surface area contributed by atoms with E-state index in [0.717, 1.165) is 5.56 Å². The monoisotopic (exact) mass is 255 g/mol. The number of aromatic nitrogens is 1. The summed E-state index contributed by atoms with van der Waals surface area (Å²) < 4.78 is 4.49. The van der Waals surface area contributed by atoms with Gasteiger partial charge in [0.2, 0.25) is 0 Å². The van der Waals surface area contributed by atoms with Gasteiger partial charge in [-0.3, -0.25) is 4.98 Å². The highest BCUT2D eigenvalue weighted by Gasteiger charge is 2.08. The van der Waals surface area contributed by atoms with Gasteiger partial charge in [0.15, 0.2) is 0 Å². The van der Waals surface area contributed by atoms with E-state index in [1.807, 2.05) is 48.5 Å². The number of rotatable bonds is 3. The topological polar surface area (TPSA) is 63.6 Å². The van der Waals surface area contributed by atoms with Gasteiger partial charge in [-0.1, -0.05) is 36.4 Å². The second-order valence-corrected chi connectivity index (χ2v) is 3.64. The normalized spacial score (nSPS) is 10.9. The zero-order valence-electron chi connectivity index (χ0n) is 10.4. The minimum absolute atomic E-state index is 0.576. The molecule has 2 aromatic rings.